The monoisotopic (exact) mass is 361 g/mol. The van der Waals surface area contributed by atoms with Gasteiger partial charge in [-0.05, 0) is 42.7 Å². The molecule has 0 saturated heterocycles. The Morgan fingerprint density at radius 1 is 1.36 bits per heavy atom. The highest BCUT2D eigenvalue weighted by Gasteiger charge is 2.08. The Bertz CT molecular complexity index is 757. The van der Waals surface area contributed by atoms with Crippen LogP contribution in [0.5, 0.6) is 17.4 Å². The van der Waals surface area contributed by atoms with Crippen LogP contribution in [-0.4, -0.2) is 22.7 Å². The summed E-state index contributed by atoms with van der Waals surface area (Å²) in [5.41, 5.74) is 1.52. The number of aromatic nitrogens is 1. The summed E-state index contributed by atoms with van der Waals surface area (Å²) >= 11 is 6.26. The van der Waals surface area contributed by atoms with Crippen LogP contribution in [-0.2, 0) is 9.53 Å². The van der Waals surface area contributed by atoms with E-state index in [-0.39, 0.29) is 5.75 Å². The molecule has 0 aliphatic carbocycles. The zero-order chi connectivity index (χ0) is 18.2. The fraction of sp³-hybridized carbons (Fsp3) is 0.263. The topological polar surface area (TPSA) is 68.7 Å². The van der Waals surface area contributed by atoms with Gasteiger partial charge in [0.1, 0.15) is 11.5 Å². The van der Waals surface area contributed by atoms with E-state index in [1.54, 1.807) is 18.2 Å². The molecule has 0 saturated carbocycles. The Morgan fingerprint density at radius 3 is 2.84 bits per heavy atom. The third-order valence-corrected chi connectivity index (χ3v) is 3.70. The minimum absolute atomic E-state index is 0.0633. The fourth-order valence-corrected chi connectivity index (χ4v) is 2.21. The standard InChI is InChI=1S/C19H20ClNO4/c1-3-4-9-24-19(23)8-5-14-10-13(2)17(11-16(14)20)25-18-7-6-15(22)12-21-18/h5-8,10-12,22H,3-4,9H2,1-2H3. The summed E-state index contributed by atoms with van der Waals surface area (Å²) in [7, 11) is 0. The number of hydrogen-bond donors (Lipinski definition) is 1. The van der Waals surface area contributed by atoms with E-state index in [4.69, 9.17) is 21.1 Å². The van der Waals surface area contributed by atoms with Gasteiger partial charge in [0.15, 0.2) is 0 Å². The van der Waals surface area contributed by atoms with Gasteiger partial charge in [-0.15, -0.1) is 0 Å². The second kappa shape index (κ2) is 9.08. The number of rotatable bonds is 7. The van der Waals surface area contributed by atoms with Gasteiger partial charge in [0, 0.05) is 18.2 Å². The minimum atomic E-state index is -0.393. The number of carbonyl (C=O) groups is 1. The number of benzene rings is 1. The van der Waals surface area contributed by atoms with Crippen molar-refractivity contribution in [3.63, 3.8) is 0 Å². The van der Waals surface area contributed by atoms with Crippen LogP contribution < -0.4 is 4.74 Å². The van der Waals surface area contributed by atoms with Crippen molar-refractivity contribution in [3.8, 4) is 17.4 Å². The first-order valence-corrected chi connectivity index (χ1v) is 8.35. The van der Waals surface area contributed by atoms with Crippen molar-refractivity contribution < 1.29 is 19.4 Å². The van der Waals surface area contributed by atoms with Crippen LogP contribution in [0.25, 0.3) is 6.08 Å². The molecule has 1 N–H and O–H groups in total. The average molecular weight is 362 g/mol. The quantitative estimate of drug-likeness (QED) is 0.431. The van der Waals surface area contributed by atoms with Crippen molar-refractivity contribution in [3.05, 3.63) is 52.7 Å². The normalized spacial score (nSPS) is 10.8. The molecule has 2 aromatic rings. The lowest BCUT2D eigenvalue weighted by molar-refractivity contribution is -0.137. The van der Waals surface area contributed by atoms with Gasteiger partial charge in [-0.25, -0.2) is 9.78 Å². The van der Waals surface area contributed by atoms with Gasteiger partial charge in [-0.3, -0.25) is 0 Å². The van der Waals surface area contributed by atoms with Crippen molar-refractivity contribution in [2.45, 2.75) is 26.7 Å². The lowest BCUT2D eigenvalue weighted by Crippen LogP contribution is -2.01. The van der Waals surface area contributed by atoms with Crippen LogP contribution in [0.4, 0.5) is 0 Å². The molecule has 0 spiro atoms. The molecular formula is C19H20ClNO4. The first-order valence-electron chi connectivity index (χ1n) is 7.97. The molecule has 0 amide bonds. The predicted molar refractivity (Wildman–Crippen MR) is 97.1 cm³/mol. The number of hydrogen-bond acceptors (Lipinski definition) is 5. The molecule has 1 aromatic carbocycles. The van der Waals surface area contributed by atoms with Crippen LogP contribution >= 0.6 is 11.6 Å². The average Bonchev–Trinajstić information content (AvgIpc) is 2.59. The number of nitrogens with zero attached hydrogens (tertiary/aromatic N) is 1. The van der Waals surface area contributed by atoms with Gasteiger partial charge < -0.3 is 14.6 Å². The lowest BCUT2D eigenvalue weighted by atomic mass is 10.1. The maximum atomic E-state index is 11.6. The Morgan fingerprint density at radius 2 is 2.16 bits per heavy atom. The van der Waals surface area contributed by atoms with Crippen LogP contribution in [0.1, 0.15) is 30.9 Å². The number of ether oxygens (including phenoxy) is 2. The zero-order valence-corrected chi connectivity index (χ0v) is 14.9. The number of pyridine rings is 1. The molecule has 2 rings (SSSR count). The molecule has 0 atom stereocenters. The summed E-state index contributed by atoms with van der Waals surface area (Å²) in [6.07, 6.45) is 6.09. The van der Waals surface area contributed by atoms with E-state index in [9.17, 15) is 9.90 Å². The summed E-state index contributed by atoms with van der Waals surface area (Å²) in [6.45, 7) is 4.31. The second-order valence-corrected chi connectivity index (χ2v) is 5.86. The Hall–Kier alpha value is -2.53. The van der Waals surface area contributed by atoms with Gasteiger partial charge in [0.2, 0.25) is 5.88 Å². The van der Waals surface area contributed by atoms with Crippen LogP contribution in [0, 0.1) is 6.92 Å². The van der Waals surface area contributed by atoms with E-state index in [2.05, 4.69) is 4.98 Å². The van der Waals surface area contributed by atoms with E-state index in [0.717, 1.165) is 18.4 Å². The van der Waals surface area contributed by atoms with Crippen LogP contribution in [0.2, 0.25) is 5.02 Å². The number of carbonyl (C=O) groups excluding carboxylic acids is 1. The highest BCUT2D eigenvalue weighted by molar-refractivity contribution is 6.32. The maximum absolute atomic E-state index is 11.6. The van der Waals surface area contributed by atoms with E-state index in [1.807, 2.05) is 19.9 Å². The molecule has 5 nitrogen and oxygen atoms in total. The summed E-state index contributed by atoms with van der Waals surface area (Å²) in [5.74, 6) is 0.565. The first kappa shape index (κ1) is 18.8. The molecule has 6 heteroatoms. The van der Waals surface area contributed by atoms with Gasteiger partial charge >= 0.3 is 5.97 Å². The van der Waals surface area contributed by atoms with E-state index >= 15 is 0 Å². The predicted octanol–water partition coefficient (Wildman–Crippen LogP) is 4.90. The molecule has 0 fully saturated rings. The minimum Gasteiger partial charge on any atom is -0.506 e. The van der Waals surface area contributed by atoms with E-state index in [0.29, 0.717) is 28.8 Å². The molecule has 0 unspecified atom stereocenters. The molecule has 1 heterocycles. The first-order chi connectivity index (χ1) is 12.0. The molecule has 25 heavy (non-hydrogen) atoms. The summed E-state index contributed by atoms with van der Waals surface area (Å²) in [5, 5.41) is 9.69. The molecular weight excluding hydrogens is 342 g/mol. The molecule has 0 radical (unpaired) electrons. The van der Waals surface area contributed by atoms with E-state index < -0.39 is 5.97 Å². The Labute approximate surface area is 151 Å². The largest absolute Gasteiger partial charge is 0.506 e. The third-order valence-electron chi connectivity index (χ3n) is 3.37. The highest BCUT2D eigenvalue weighted by Crippen LogP contribution is 2.31. The molecule has 0 aliphatic heterocycles. The number of esters is 1. The summed E-state index contributed by atoms with van der Waals surface area (Å²) < 4.78 is 10.7. The summed E-state index contributed by atoms with van der Waals surface area (Å²) in [4.78, 5) is 15.6. The van der Waals surface area contributed by atoms with Gasteiger partial charge in [0.25, 0.3) is 0 Å². The smallest absolute Gasteiger partial charge is 0.330 e. The zero-order valence-electron chi connectivity index (χ0n) is 14.2. The molecule has 0 bridgehead atoms. The maximum Gasteiger partial charge on any atom is 0.330 e. The van der Waals surface area contributed by atoms with Crippen molar-refractivity contribution in [1.82, 2.24) is 4.98 Å². The van der Waals surface area contributed by atoms with Gasteiger partial charge in [-0.2, -0.15) is 0 Å². The summed E-state index contributed by atoms with van der Waals surface area (Å²) in [6, 6.07) is 6.52. The van der Waals surface area contributed by atoms with Crippen molar-refractivity contribution in [1.29, 1.82) is 0 Å². The van der Waals surface area contributed by atoms with Crippen molar-refractivity contribution in [2.24, 2.45) is 0 Å². The number of halogens is 1. The highest BCUT2D eigenvalue weighted by atomic mass is 35.5. The SMILES string of the molecule is CCCCOC(=O)C=Cc1cc(C)c(Oc2ccc(O)cn2)cc1Cl. The molecule has 0 aliphatic rings. The lowest BCUT2D eigenvalue weighted by Gasteiger charge is -2.10. The Kier molecular flexibility index (Phi) is 6.83. The number of aryl methyl sites for hydroxylation is 1. The Balaban J connectivity index is 2.08. The fourth-order valence-electron chi connectivity index (χ4n) is 1.99. The number of aromatic hydroxyl groups is 1. The second-order valence-electron chi connectivity index (χ2n) is 5.45. The van der Waals surface area contributed by atoms with E-state index in [1.165, 1.54) is 18.3 Å². The van der Waals surface area contributed by atoms with Gasteiger partial charge in [-0.1, -0.05) is 24.9 Å². The van der Waals surface area contributed by atoms with Gasteiger partial charge in [0.05, 0.1) is 17.8 Å². The number of unbranched alkanes of at least 4 members (excludes halogenated alkanes) is 1. The molecule has 1 aromatic heterocycles. The van der Waals surface area contributed by atoms with Crippen molar-refractivity contribution >= 4 is 23.6 Å². The molecule has 132 valence electrons. The van der Waals surface area contributed by atoms with Crippen LogP contribution in [0.3, 0.4) is 0 Å². The van der Waals surface area contributed by atoms with Crippen LogP contribution in [0.15, 0.2) is 36.5 Å². The third kappa shape index (κ3) is 5.80. The van der Waals surface area contributed by atoms with Crippen molar-refractivity contribution in [2.75, 3.05) is 6.61 Å².